The second-order valence-corrected chi connectivity index (χ2v) is 6.76. The largest absolute Gasteiger partial charge is 0.265 e. The first-order chi connectivity index (χ1) is 9.95. The van der Waals surface area contributed by atoms with Gasteiger partial charge in [-0.1, -0.05) is 11.3 Å². The summed E-state index contributed by atoms with van der Waals surface area (Å²) in [7, 11) is -3.83. The Labute approximate surface area is 122 Å². The first-order valence-electron chi connectivity index (χ1n) is 5.64. The van der Waals surface area contributed by atoms with Gasteiger partial charge >= 0.3 is 0 Å². The van der Waals surface area contributed by atoms with E-state index < -0.39 is 21.7 Å². The molecule has 108 valence electrons. The minimum Gasteiger partial charge on any atom is -0.263 e. The van der Waals surface area contributed by atoms with Crippen LogP contribution >= 0.6 is 11.3 Å². The first kappa shape index (κ1) is 13.8. The lowest BCUT2D eigenvalue weighted by molar-refractivity contribution is 0.511. The van der Waals surface area contributed by atoms with Gasteiger partial charge in [0.25, 0.3) is 10.0 Å². The highest BCUT2D eigenvalue weighted by Gasteiger charge is 2.17. The number of sulfonamides is 1. The third-order valence-electron chi connectivity index (χ3n) is 2.60. The molecule has 0 aliphatic heterocycles. The molecule has 3 rings (SSSR count). The van der Waals surface area contributed by atoms with Gasteiger partial charge < -0.3 is 0 Å². The number of nitrogens with zero attached hydrogens (tertiary/aromatic N) is 2. The van der Waals surface area contributed by atoms with E-state index in [1.807, 2.05) is 0 Å². The molecule has 0 bridgehead atoms. The summed E-state index contributed by atoms with van der Waals surface area (Å²) in [5.74, 6) is -2.04. The van der Waals surface area contributed by atoms with Crippen LogP contribution in [0.25, 0.3) is 10.2 Å². The van der Waals surface area contributed by atoms with E-state index in [-0.39, 0.29) is 15.5 Å². The number of halogens is 2. The smallest absolute Gasteiger partial charge is 0.263 e. The minimum atomic E-state index is -3.83. The number of nitrogens with one attached hydrogen (secondary N) is 1. The lowest BCUT2D eigenvalue weighted by atomic mass is 10.3. The second-order valence-electron chi connectivity index (χ2n) is 4.05. The standard InChI is InChI=1S/C12H7F2N3O2S2/c13-8-4-10-11(5-9(8)14)20-12(16-10)17-21(18,19)7-2-1-3-15-6-7/h1-6H,(H,16,17). The van der Waals surface area contributed by atoms with E-state index in [0.29, 0.717) is 4.70 Å². The maximum Gasteiger partial charge on any atom is 0.265 e. The molecule has 1 aromatic carbocycles. The Bertz CT molecular complexity index is 872. The van der Waals surface area contributed by atoms with E-state index in [9.17, 15) is 17.2 Å². The fraction of sp³-hybridized carbons (Fsp3) is 0. The number of rotatable bonds is 3. The lowest BCUT2D eigenvalue weighted by Gasteiger charge is -2.03. The first-order valence-corrected chi connectivity index (χ1v) is 7.94. The summed E-state index contributed by atoms with van der Waals surface area (Å²) in [5.41, 5.74) is 0.183. The number of anilines is 1. The van der Waals surface area contributed by atoms with Crippen LogP contribution < -0.4 is 4.72 Å². The van der Waals surface area contributed by atoms with Crippen LogP contribution in [0.2, 0.25) is 0 Å². The van der Waals surface area contributed by atoms with Crippen LogP contribution in [0.3, 0.4) is 0 Å². The highest BCUT2D eigenvalue weighted by molar-refractivity contribution is 7.93. The number of pyridine rings is 1. The quantitative estimate of drug-likeness (QED) is 0.803. The zero-order chi connectivity index (χ0) is 15.0. The Kier molecular flexibility index (Phi) is 3.30. The van der Waals surface area contributed by atoms with Crippen LogP contribution in [0, 0.1) is 11.6 Å². The van der Waals surface area contributed by atoms with Gasteiger partial charge in [0.15, 0.2) is 16.8 Å². The number of thiazole rings is 1. The molecule has 5 nitrogen and oxygen atoms in total. The monoisotopic (exact) mass is 327 g/mol. The Morgan fingerprint density at radius 3 is 2.67 bits per heavy atom. The molecule has 1 N–H and O–H groups in total. The molecule has 0 saturated heterocycles. The van der Waals surface area contributed by atoms with Crippen LogP contribution in [0.4, 0.5) is 13.9 Å². The molecule has 3 aromatic rings. The Hall–Kier alpha value is -2.13. The van der Waals surface area contributed by atoms with E-state index in [1.54, 1.807) is 0 Å². The van der Waals surface area contributed by atoms with Crippen LogP contribution in [-0.4, -0.2) is 18.4 Å². The molecule has 2 heterocycles. The SMILES string of the molecule is O=S(=O)(Nc1nc2cc(F)c(F)cc2s1)c1cccnc1. The van der Waals surface area contributed by atoms with Gasteiger partial charge in [0.05, 0.1) is 10.2 Å². The molecular weight excluding hydrogens is 320 g/mol. The molecule has 0 aliphatic rings. The molecule has 0 saturated carbocycles. The Morgan fingerprint density at radius 2 is 1.95 bits per heavy atom. The molecule has 0 amide bonds. The van der Waals surface area contributed by atoms with Crippen molar-refractivity contribution < 1.29 is 17.2 Å². The molecule has 0 fully saturated rings. The molecule has 0 unspecified atom stereocenters. The fourth-order valence-corrected chi connectivity index (χ4v) is 3.72. The summed E-state index contributed by atoms with van der Waals surface area (Å²) >= 11 is 0.913. The van der Waals surface area contributed by atoms with Crippen molar-refractivity contribution in [1.29, 1.82) is 0 Å². The van der Waals surface area contributed by atoms with Crippen molar-refractivity contribution in [2.45, 2.75) is 4.90 Å². The van der Waals surface area contributed by atoms with Gasteiger partial charge in [-0.2, -0.15) is 0 Å². The van der Waals surface area contributed by atoms with Gasteiger partial charge in [-0.3, -0.25) is 9.71 Å². The van der Waals surface area contributed by atoms with Crippen molar-refractivity contribution in [2.75, 3.05) is 4.72 Å². The van der Waals surface area contributed by atoms with Crippen molar-refractivity contribution in [3.8, 4) is 0 Å². The summed E-state index contributed by atoms with van der Waals surface area (Å²) in [6.45, 7) is 0. The number of aromatic nitrogens is 2. The molecule has 9 heteroatoms. The van der Waals surface area contributed by atoms with Gasteiger partial charge in [-0.25, -0.2) is 22.2 Å². The summed E-state index contributed by atoms with van der Waals surface area (Å²) < 4.78 is 53.0. The molecule has 0 atom stereocenters. The number of hydrogen-bond acceptors (Lipinski definition) is 5. The van der Waals surface area contributed by atoms with Crippen molar-refractivity contribution in [3.63, 3.8) is 0 Å². The van der Waals surface area contributed by atoms with Crippen LogP contribution in [0.5, 0.6) is 0 Å². The zero-order valence-corrected chi connectivity index (χ0v) is 11.9. The van der Waals surface area contributed by atoms with Gasteiger partial charge in [0.1, 0.15) is 4.90 Å². The van der Waals surface area contributed by atoms with Gasteiger partial charge in [0.2, 0.25) is 0 Å². The molecular formula is C12H7F2N3O2S2. The van der Waals surface area contributed by atoms with Crippen LogP contribution in [0.1, 0.15) is 0 Å². The fourth-order valence-electron chi connectivity index (χ4n) is 1.65. The normalized spacial score (nSPS) is 11.7. The maximum atomic E-state index is 13.1. The Morgan fingerprint density at radius 1 is 1.19 bits per heavy atom. The third-order valence-corrected chi connectivity index (χ3v) is 4.98. The average Bonchev–Trinajstić information content (AvgIpc) is 2.81. The van der Waals surface area contributed by atoms with E-state index >= 15 is 0 Å². The second kappa shape index (κ2) is 5.01. The number of hydrogen-bond donors (Lipinski definition) is 1. The molecule has 0 aliphatic carbocycles. The van der Waals surface area contributed by atoms with Crippen molar-refractivity contribution in [1.82, 2.24) is 9.97 Å². The van der Waals surface area contributed by atoms with Crippen LogP contribution in [-0.2, 0) is 10.0 Å². The third kappa shape index (κ3) is 2.69. The van der Waals surface area contributed by atoms with Gasteiger partial charge in [0, 0.05) is 18.5 Å². The lowest BCUT2D eigenvalue weighted by Crippen LogP contribution is -2.12. The molecule has 0 radical (unpaired) electrons. The summed E-state index contributed by atoms with van der Waals surface area (Å²) in [6, 6.07) is 4.76. The predicted octanol–water partition coefficient (Wildman–Crippen LogP) is 2.77. The Balaban J connectivity index is 1.99. The maximum absolute atomic E-state index is 13.1. The van der Waals surface area contributed by atoms with E-state index in [4.69, 9.17) is 0 Å². The number of benzene rings is 1. The van der Waals surface area contributed by atoms with Gasteiger partial charge in [-0.15, -0.1) is 0 Å². The summed E-state index contributed by atoms with van der Waals surface area (Å²) in [5, 5.41) is 0.0267. The van der Waals surface area contributed by atoms with E-state index in [0.717, 1.165) is 23.5 Å². The molecule has 0 spiro atoms. The van der Waals surface area contributed by atoms with Crippen molar-refractivity contribution in [3.05, 3.63) is 48.3 Å². The highest BCUT2D eigenvalue weighted by atomic mass is 32.2. The van der Waals surface area contributed by atoms with Gasteiger partial charge in [-0.05, 0) is 18.2 Å². The van der Waals surface area contributed by atoms with Crippen LogP contribution in [0.15, 0.2) is 41.6 Å². The van der Waals surface area contributed by atoms with Crippen molar-refractivity contribution >= 4 is 36.7 Å². The molecule has 21 heavy (non-hydrogen) atoms. The summed E-state index contributed by atoms with van der Waals surface area (Å²) in [6.07, 6.45) is 2.64. The van der Waals surface area contributed by atoms with Crippen molar-refractivity contribution in [2.24, 2.45) is 0 Å². The zero-order valence-electron chi connectivity index (χ0n) is 10.2. The average molecular weight is 327 g/mol. The van der Waals surface area contributed by atoms with E-state index in [1.165, 1.54) is 24.5 Å². The molecule has 2 aromatic heterocycles. The highest BCUT2D eigenvalue weighted by Crippen LogP contribution is 2.29. The minimum absolute atomic E-state index is 0.0263. The topological polar surface area (TPSA) is 72.0 Å². The number of fused-ring (bicyclic) bond motifs is 1. The summed E-state index contributed by atoms with van der Waals surface area (Å²) in [4.78, 5) is 7.62. The van der Waals surface area contributed by atoms with E-state index in [2.05, 4.69) is 14.7 Å². The predicted molar refractivity (Wildman–Crippen MR) is 74.6 cm³/mol.